The van der Waals surface area contributed by atoms with Crippen LogP contribution in [-0.4, -0.2) is 36.5 Å². The Bertz CT molecular complexity index is 194. The Balaban J connectivity index is 2.61. The van der Waals surface area contributed by atoms with Gasteiger partial charge in [-0.25, -0.2) is 0 Å². The van der Waals surface area contributed by atoms with E-state index in [1.807, 2.05) is 4.90 Å². The van der Waals surface area contributed by atoms with Gasteiger partial charge in [0.15, 0.2) is 0 Å². The molecule has 1 rings (SSSR count). The Kier molecular flexibility index (Phi) is 4.39. The third-order valence-electron chi connectivity index (χ3n) is 2.96. The lowest BCUT2D eigenvalue weighted by Gasteiger charge is -2.33. The number of hydrogen-bond acceptors (Lipinski definition) is 2. The molecule has 2 atom stereocenters. The molecule has 3 heteroatoms. The Morgan fingerprint density at radius 3 is 3.00 bits per heavy atom. The minimum Gasteiger partial charge on any atom is -0.340 e. The summed E-state index contributed by atoms with van der Waals surface area (Å²) < 4.78 is 0. The van der Waals surface area contributed by atoms with Crippen molar-refractivity contribution in [3.63, 3.8) is 0 Å². The lowest BCUT2D eigenvalue weighted by atomic mass is 10.1. The maximum absolute atomic E-state index is 11.8. The molecule has 0 spiro atoms. The van der Waals surface area contributed by atoms with E-state index in [-0.39, 0.29) is 0 Å². The van der Waals surface area contributed by atoms with Crippen LogP contribution in [0.3, 0.4) is 0 Å². The van der Waals surface area contributed by atoms with Gasteiger partial charge in [-0.2, -0.15) is 0 Å². The number of carbonyl (C=O) groups is 1. The van der Waals surface area contributed by atoms with Gasteiger partial charge in [0.1, 0.15) is 0 Å². The number of amides is 1. The molecule has 0 saturated carbocycles. The van der Waals surface area contributed by atoms with Crippen LogP contribution in [0.25, 0.3) is 0 Å². The quantitative estimate of drug-likeness (QED) is 0.724. The molecule has 82 valence electrons. The molecule has 0 aromatic heterocycles. The molecule has 1 amide bonds. The summed E-state index contributed by atoms with van der Waals surface area (Å²) in [6.07, 6.45) is 1.70. The van der Waals surface area contributed by atoms with Gasteiger partial charge in [0, 0.05) is 25.6 Å². The minimum absolute atomic E-state index is 0.304. The van der Waals surface area contributed by atoms with Crippen molar-refractivity contribution in [2.75, 3.05) is 19.6 Å². The molecular formula is C11H22N2O. The maximum Gasteiger partial charge on any atom is 0.224 e. The molecule has 0 radical (unpaired) electrons. The van der Waals surface area contributed by atoms with E-state index in [0.717, 1.165) is 26.1 Å². The predicted octanol–water partition coefficient (Wildman–Crippen LogP) is 1.24. The van der Waals surface area contributed by atoms with Crippen LogP contribution in [0.4, 0.5) is 0 Å². The number of hydrogen-bond donors (Lipinski definition) is 1. The van der Waals surface area contributed by atoms with E-state index < -0.39 is 0 Å². The summed E-state index contributed by atoms with van der Waals surface area (Å²) in [4.78, 5) is 13.8. The number of rotatable bonds is 2. The molecule has 0 bridgehead atoms. The highest BCUT2D eigenvalue weighted by molar-refractivity contribution is 5.76. The van der Waals surface area contributed by atoms with Gasteiger partial charge in [-0.05, 0) is 25.8 Å². The fraction of sp³-hybridized carbons (Fsp3) is 0.909. The first kappa shape index (κ1) is 11.5. The molecule has 14 heavy (non-hydrogen) atoms. The first-order valence-corrected chi connectivity index (χ1v) is 5.65. The van der Waals surface area contributed by atoms with Crippen molar-refractivity contribution in [3.8, 4) is 0 Å². The minimum atomic E-state index is 0.304. The van der Waals surface area contributed by atoms with Crippen LogP contribution in [0.1, 0.15) is 33.6 Å². The van der Waals surface area contributed by atoms with Crippen molar-refractivity contribution in [2.24, 2.45) is 5.92 Å². The van der Waals surface area contributed by atoms with Crippen molar-refractivity contribution in [1.29, 1.82) is 0 Å². The van der Waals surface area contributed by atoms with E-state index in [4.69, 9.17) is 0 Å². The van der Waals surface area contributed by atoms with E-state index in [1.165, 1.54) is 0 Å². The second kappa shape index (κ2) is 5.35. The van der Waals surface area contributed by atoms with Crippen molar-refractivity contribution < 1.29 is 4.79 Å². The maximum atomic E-state index is 11.8. The molecule has 1 N–H and O–H groups in total. The zero-order chi connectivity index (χ0) is 10.6. The molecule has 1 saturated heterocycles. The third kappa shape index (κ3) is 2.98. The average molecular weight is 198 g/mol. The van der Waals surface area contributed by atoms with Gasteiger partial charge in [-0.1, -0.05) is 13.8 Å². The fourth-order valence-corrected chi connectivity index (χ4v) is 1.84. The second-order valence-electron chi connectivity index (χ2n) is 4.36. The monoisotopic (exact) mass is 198 g/mol. The van der Waals surface area contributed by atoms with Gasteiger partial charge >= 0.3 is 0 Å². The molecule has 3 nitrogen and oxygen atoms in total. The topological polar surface area (TPSA) is 32.3 Å². The Morgan fingerprint density at radius 1 is 1.64 bits per heavy atom. The van der Waals surface area contributed by atoms with Crippen molar-refractivity contribution in [3.05, 3.63) is 0 Å². The highest BCUT2D eigenvalue weighted by Gasteiger charge is 2.22. The molecule has 1 fully saturated rings. The molecule has 1 aliphatic rings. The summed E-state index contributed by atoms with van der Waals surface area (Å²) in [5, 5.41) is 3.30. The van der Waals surface area contributed by atoms with Gasteiger partial charge in [-0.15, -0.1) is 0 Å². The number of nitrogens with zero attached hydrogens (tertiary/aromatic N) is 1. The van der Waals surface area contributed by atoms with Gasteiger partial charge in [-0.3, -0.25) is 4.79 Å². The Morgan fingerprint density at radius 2 is 2.36 bits per heavy atom. The second-order valence-corrected chi connectivity index (χ2v) is 4.36. The highest BCUT2D eigenvalue weighted by Crippen LogP contribution is 2.11. The molecule has 2 unspecified atom stereocenters. The predicted molar refractivity (Wildman–Crippen MR) is 58.1 cm³/mol. The number of carbonyl (C=O) groups excluding carboxylic acids is 1. The SMILES string of the molecule is CCC(C)N1CC(C)CNCCC1=O. The van der Waals surface area contributed by atoms with Crippen LogP contribution in [0.2, 0.25) is 0 Å². The lowest BCUT2D eigenvalue weighted by Crippen LogP contribution is -2.46. The van der Waals surface area contributed by atoms with Crippen LogP contribution < -0.4 is 5.32 Å². The van der Waals surface area contributed by atoms with E-state index in [0.29, 0.717) is 24.3 Å². The largest absolute Gasteiger partial charge is 0.340 e. The van der Waals surface area contributed by atoms with E-state index in [9.17, 15) is 4.79 Å². The lowest BCUT2D eigenvalue weighted by molar-refractivity contribution is -0.134. The van der Waals surface area contributed by atoms with E-state index >= 15 is 0 Å². The van der Waals surface area contributed by atoms with Crippen LogP contribution in [0, 0.1) is 5.92 Å². The third-order valence-corrected chi connectivity index (χ3v) is 2.96. The van der Waals surface area contributed by atoms with Gasteiger partial charge in [0.05, 0.1) is 0 Å². The van der Waals surface area contributed by atoms with Crippen LogP contribution in [0.15, 0.2) is 0 Å². The average Bonchev–Trinajstić information content (AvgIpc) is 2.17. The fourth-order valence-electron chi connectivity index (χ4n) is 1.84. The highest BCUT2D eigenvalue weighted by atomic mass is 16.2. The van der Waals surface area contributed by atoms with Gasteiger partial charge < -0.3 is 10.2 Å². The molecule has 0 aliphatic carbocycles. The first-order chi connectivity index (χ1) is 6.65. The summed E-state index contributed by atoms with van der Waals surface area (Å²) >= 11 is 0. The standard InChI is InChI=1S/C11H22N2O/c1-4-10(3)13-8-9(2)7-12-6-5-11(13)14/h9-10,12H,4-8H2,1-3H3. The Labute approximate surface area is 86.9 Å². The first-order valence-electron chi connectivity index (χ1n) is 5.65. The van der Waals surface area contributed by atoms with E-state index in [1.54, 1.807) is 0 Å². The van der Waals surface area contributed by atoms with Crippen molar-refractivity contribution in [2.45, 2.75) is 39.7 Å². The zero-order valence-corrected chi connectivity index (χ0v) is 9.55. The molecule has 0 aromatic rings. The molecular weight excluding hydrogens is 176 g/mol. The molecule has 1 heterocycles. The summed E-state index contributed by atoms with van der Waals surface area (Å²) in [5.41, 5.74) is 0. The normalized spacial score (nSPS) is 26.9. The Hall–Kier alpha value is -0.570. The molecule has 1 aliphatic heterocycles. The summed E-state index contributed by atoms with van der Waals surface area (Å²) in [6.45, 7) is 9.23. The molecule has 0 aromatic carbocycles. The summed E-state index contributed by atoms with van der Waals surface area (Å²) in [7, 11) is 0. The summed E-state index contributed by atoms with van der Waals surface area (Å²) in [6, 6.07) is 0.392. The van der Waals surface area contributed by atoms with Crippen LogP contribution >= 0.6 is 0 Å². The zero-order valence-electron chi connectivity index (χ0n) is 9.55. The number of nitrogens with one attached hydrogen (secondary N) is 1. The summed E-state index contributed by atoms with van der Waals surface area (Å²) in [5.74, 6) is 0.867. The van der Waals surface area contributed by atoms with Crippen LogP contribution in [-0.2, 0) is 4.79 Å². The van der Waals surface area contributed by atoms with Gasteiger partial charge in [0.2, 0.25) is 5.91 Å². The van der Waals surface area contributed by atoms with Crippen LogP contribution in [0.5, 0.6) is 0 Å². The smallest absolute Gasteiger partial charge is 0.224 e. The van der Waals surface area contributed by atoms with Crippen molar-refractivity contribution in [1.82, 2.24) is 10.2 Å². The van der Waals surface area contributed by atoms with Crippen molar-refractivity contribution >= 4 is 5.91 Å². The van der Waals surface area contributed by atoms with E-state index in [2.05, 4.69) is 26.1 Å². The van der Waals surface area contributed by atoms with Gasteiger partial charge in [0.25, 0.3) is 0 Å².